The van der Waals surface area contributed by atoms with Gasteiger partial charge in [0.05, 0.1) is 6.20 Å². The number of hydrogen-bond donors (Lipinski definition) is 3. The summed E-state index contributed by atoms with van der Waals surface area (Å²) in [6, 6.07) is 0.138. The molecule has 3 N–H and O–H groups in total. The molecule has 1 heterocycles. The molecule has 8 nitrogen and oxygen atoms in total. The van der Waals surface area contributed by atoms with Crippen LogP contribution in [0, 0.1) is 6.92 Å². The van der Waals surface area contributed by atoms with Gasteiger partial charge in [0.25, 0.3) is 0 Å². The molecule has 0 aliphatic carbocycles. The number of hydrogen-bond acceptors (Lipinski definition) is 7. The van der Waals surface area contributed by atoms with Gasteiger partial charge in [-0.3, -0.25) is 10.4 Å². The summed E-state index contributed by atoms with van der Waals surface area (Å²) in [5.74, 6) is 2.36. The quantitative estimate of drug-likeness (QED) is 0.321. The fourth-order valence-corrected chi connectivity index (χ4v) is 2.14. The Kier molecular flexibility index (Phi) is 11.9. The van der Waals surface area contributed by atoms with Gasteiger partial charge >= 0.3 is 0 Å². The third kappa shape index (κ3) is 8.44. The number of amidine groups is 1. The van der Waals surface area contributed by atoms with Crippen LogP contribution in [0.4, 0.5) is 5.82 Å². The third-order valence-corrected chi connectivity index (χ3v) is 3.44. The Morgan fingerprint density at radius 1 is 1.44 bits per heavy atom. The fourth-order valence-electron chi connectivity index (χ4n) is 2.14. The SMILES string of the molecule is C.C=NNC(COc1cnc(C)nc1NC(CCO)CCCC)=NC. The first kappa shape index (κ1) is 22.8. The molecule has 0 aliphatic rings. The lowest BCUT2D eigenvalue weighted by Crippen LogP contribution is -2.26. The van der Waals surface area contributed by atoms with Crippen LogP contribution in [0.2, 0.25) is 0 Å². The average molecular weight is 352 g/mol. The van der Waals surface area contributed by atoms with Crippen LogP contribution in [0.1, 0.15) is 45.9 Å². The van der Waals surface area contributed by atoms with Crippen LogP contribution < -0.4 is 15.5 Å². The highest BCUT2D eigenvalue weighted by atomic mass is 16.5. The Balaban J connectivity index is 0.00000576. The van der Waals surface area contributed by atoms with Gasteiger partial charge in [0.2, 0.25) is 0 Å². The molecule has 0 saturated carbocycles. The number of aliphatic imine (C=N–C) groups is 1. The van der Waals surface area contributed by atoms with Crippen LogP contribution in [-0.2, 0) is 0 Å². The first-order valence-corrected chi connectivity index (χ1v) is 8.15. The number of rotatable bonds is 11. The maximum atomic E-state index is 9.26. The molecular weight excluding hydrogens is 320 g/mol. The van der Waals surface area contributed by atoms with Crippen LogP contribution in [-0.4, -0.2) is 53.9 Å². The molecule has 0 aliphatic heterocycles. The number of unbranched alkanes of at least 4 members (excludes halogenated alkanes) is 1. The van der Waals surface area contributed by atoms with E-state index in [1.807, 2.05) is 6.92 Å². The second-order valence-corrected chi connectivity index (χ2v) is 5.35. The average Bonchev–Trinajstić information content (AvgIpc) is 2.58. The Hall–Kier alpha value is -2.22. The number of aryl methyl sites for hydroxylation is 1. The second kappa shape index (κ2) is 13.1. The minimum absolute atomic E-state index is 0. The number of nitrogens with one attached hydrogen (secondary N) is 2. The molecule has 1 unspecified atom stereocenters. The Bertz CT molecular complexity index is 536. The molecule has 1 rings (SSSR count). The molecule has 142 valence electrons. The number of nitrogens with zero attached hydrogens (tertiary/aromatic N) is 4. The molecule has 1 aromatic rings. The van der Waals surface area contributed by atoms with Crippen molar-refractivity contribution in [2.45, 2.75) is 53.0 Å². The predicted octanol–water partition coefficient (Wildman–Crippen LogP) is 2.39. The van der Waals surface area contributed by atoms with Crippen molar-refractivity contribution in [3.8, 4) is 5.75 Å². The maximum absolute atomic E-state index is 9.26. The van der Waals surface area contributed by atoms with Gasteiger partial charge in [0.15, 0.2) is 17.4 Å². The lowest BCUT2D eigenvalue weighted by molar-refractivity contribution is 0.275. The lowest BCUT2D eigenvalue weighted by Gasteiger charge is -2.20. The summed E-state index contributed by atoms with van der Waals surface area (Å²) in [6.45, 7) is 7.66. The molecule has 0 spiro atoms. The Morgan fingerprint density at radius 2 is 2.20 bits per heavy atom. The zero-order chi connectivity index (χ0) is 17.8. The van der Waals surface area contributed by atoms with Gasteiger partial charge in [-0.2, -0.15) is 5.10 Å². The highest BCUT2D eigenvalue weighted by molar-refractivity contribution is 5.83. The zero-order valence-electron chi connectivity index (χ0n) is 14.7. The highest BCUT2D eigenvalue weighted by Gasteiger charge is 2.14. The second-order valence-electron chi connectivity index (χ2n) is 5.35. The van der Waals surface area contributed by atoms with E-state index >= 15 is 0 Å². The molecule has 25 heavy (non-hydrogen) atoms. The van der Waals surface area contributed by atoms with E-state index in [4.69, 9.17) is 4.74 Å². The van der Waals surface area contributed by atoms with E-state index < -0.39 is 0 Å². The molecule has 8 heteroatoms. The smallest absolute Gasteiger partial charge is 0.180 e. The van der Waals surface area contributed by atoms with E-state index in [0.29, 0.717) is 29.6 Å². The first-order chi connectivity index (χ1) is 11.6. The van der Waals surface area contributed by atoms with E-state index in [9.17, 15) is 5.11 Å². The standard InChI is InChI=1S/C16H28N6O2.CH4/c1-5-6-7-13(8-9-23)21-16-14(10-19-12(2)20-16)24-11-15(17-3)22-18-4;/h10,13,23H,4-9,11H2,1-3H3,(H,17,22)(H,19,20,21);1H4. The molecule has 1 aromatic heterocycles. The van der Waals surface area contributed by atoms with E-state index in [2.05, 4.69) is 44.4 Å². The number of aromatic nitrogens is 2. The van der Waals surface area contributed by atoms with Gasteiger partial charge in [0, 0.05) is 26.4 Å². The molecule has 0 amide bonds. The van der Waals surface area contributed by atoms with Gasteiger partial charge in [-0.15, -0.1) is 0 Å². The van der Waals surface area contributed by atoms with Crippen molar-refractivity contribution >= 4 is 18.4 Å². The molecule has 0 saturated heterocycles. The van der Waals surface area contributed by atoms with Crippen molar-refractivity contribution in [1.29, 1.82) is 0 Å². The van der Waals surface area contributed by atoms with E-state index in [1.165, 1.54) is 0 Å². The summed E-state index contributed by atoms with van der Waals surface area (Å²) < 4.78 is 5.75. The first-order valence-electron chi connectivity index (χ1n) is 8.15. The molecule has 0 fully saturated rings. The van der Waals surface area contributed by atoms with Gasteiger partial charge in [-0.1, -0.05) is 27.2 Å². The predicted molar refractivity (Wildman–Crippen MR) is 104 cm³/mol. The van der Waals surface area contributed by atoms with Crippen LogP contribution >= 0.6 is 0 Å². The van der Waals surface area contributed by atoms with Crippen molar-refractivity contribution < 1.29 is 9.84 Å². The van der Waals surface area contributed by atoms with Crippen LogP contribution in [0.25, 0.3) is 0 Å². The number of anilines is 1. The summed E-state index contributed by atoms with van der Waals surface area (Å²) in [4.78, 5) is 12.6. The van der Waals surface area contributed by atoms with Gasteiger partial charge < -0.3 is 15.2 Å². The minimum Gasteiger partial charge on any atom is -0.480 e. The van der Waals surface area contributed by atoms with Crippen LogP contribution in [0.5, 0.6) is 5.75 Å². The van der Waals surface area contributed by atoms with Crippen molar-refractivity contribution in [3.63, 3.8) is 0 Å². The van der Waals surface area contributed by atoms with Crippen molar-refractivity contribution in [2.24, 2.45) is 10.1 Å². The van der Waals surface area contributed by atoms with Crippen molar-refractivity contribution in [2.75, 3.05) is 25.6 Å². The highest BCUT2D eigenvalue weighted by Crippen LogP contribution is 2.23. The van der Waals surface area contributed by atoms with Crippen LogP contribution in [0.15, 0.2) is 16.3 Å². The fraction of sp³-hybridized carbons (Fsp3) is 0.647. The van der Waals surface area contributed by atoms with Crippen molar-refractivity contribution in [1.82, 2.24) is 15.4 Å². The number of aliphatic hydroxyl groups is 1. The van der Waals surface area contributed by atoms with E-state index in [-0.39, 0.29) is 26.7 Å². The van der Waals surface area contributed by atoms with Gasteiger partial charge in [-0.05, 0) is 19.8 Å². The van der Waals surface area contributed by atoms with E-state index in [1.54, 1.807) is 13.2 Å². The number of ether oxygens (including phenoxy) is 1. The van der Waals surface area contributed by atoms with Crippen LogP contribution in [0.3, 0.4) is 0 Å². The summed E-state index contributed by atoms with van der Waals surface area (Å²) in [7, 11) is 1.64. The largest absolute Gasteiger partial charge is 0.480 e. The topological polar surface area (TPSA) is 104 Å². The maximum Gasteiger partial charge on any atom is 0.180 e. The van der Waals surface area contributed by atoms with Gasteiger partial charge in [-0.25, -0.2) is 9.97 Å². The Morgan fingerprint density at radius 3 is 2.80 bits per heavy atom. The number of hydrazone groups is 1. The molecule has 0 aromatic carbocycles. The lowest BCUT2D eigenvalue weighted by atomic mass is 10.1. The summed E-state index contributed by atoms with van der Waals surface area (Å²) in [6.07, 6.45) is 5.44. The molecule has 1 atom stereocenters. The summed E-state index contributed by atoms with van der Waals surface area (Å²) in [5, 5.41) is 16.2. The monoisotopic (exact) mass is 352 g/mol. The van der Waals surface area contributed by atoms with E-state index in [0.717, 1.165) is 19.3 Å². The zero-order valence-corrected chi connectivity index (χ0v) is 14.7. The third-order valence-electron chi connectivity index (χ3n) is 3.44. The molecular formula is C17H32N6O2. The normalized spacial score (nSPS) is 12.1. The molecule has 0 bridgehead atoms. The van der Waals surface area contributed by atoms with Crippen molar-refractivity contribution in [3.05, 3.63) is 12.0 Å². The molecule has 0 radical (unpaired) electrons. The summed E-state index contributed by atoms with van der Waals surface area (Å²) in [5.41, 5.74) is 2.67. The number of aliphatic hydroxyl groups excluding tert-OH is 1. The van der Waals surface area contributed by atoms with Gasteiger partial charge in [0.1, 0.15) is 12.4 Å². The minimum atomic E-state index is 0. The Labute approximate surface area is 150 Å². The summed E-state index contributed by atoms with van der Waals surface area (Å²) >= 11 is 0.